The van der Waals surface area contributed by atoms with Crippen molar-refractivity contribution in [3.8, 4) is 34.1 Å². The van der Waals surface area contributed by atoms with Gasteiger partial charge in [-0.3, -0.25) is 14.9 Å². The van der Waals surface area contributed by atoms with Crippen LogP contribution in [0.4, 0.5) is 17.2 Å². The molecule has 0 saturated heterocycles. The highest BCUT2D eigenvalue weighted by molar-refractivity contribution is 6.21. The van der Waals surface area contributed by atoms with Gasteiger partial charge in [-0.2, -0.15) is 0 Å². The van der Waals surface area contributed by atoms with Gasteiger partial charge in [-0.15, -0.1) is 0 Å². The average molecular weight is 820 g/mol. The Kier molecular flexibility index (Phi) is 7.23. The first-order chi connectivity index (χ1) is 31.7. The third-order valence-electron chi connectivity index (χ3n) is 12.8. The van der Waals surface area contributed by atoms with E-state index in [2.05, 4.69) is 184 Å². The van der Waals surface area contributed by atoms with E-state index in [1.54, 1.807) is 12.4 Å². The van der Waals surface area contributed by atoms with E-state index in [1.807, 2.05) is 18.2 Å². The van der Waals surface area contributed by atoms with Crippen molar-refractivity contribution in [2.75, 3.05) is 4.90 Å². The smallest absolute Gasteiger partial charge is 0.153 e. The van der Waals surface area contributed by atoms with Crippen LogP contribution in [-0.2, 0) is 0 Å². The zero-order chi connectivity index (χ0) is 41.9. The lowest BCUT2D eigenvalue weighted by Gasteiger charge is -2.33. The van der Waals surface area contributed by atoms with E-state index < -0.39 is 0 Å². The molecule has 0 amide bonds. The molecule has 0 atom stereocenters. The Morgan fingerprint density at radius 3 is 1.33 bits per heavy atom. The van der Waals surface area contributed by atoms with Crippen LogP contribution in [0.3, 0.4) is 0 Å². The monoisotopic (exact) mass is 819 g/mol. The molecule has 0 saturated carbocycles. The summed E-state index contributed by atoms with van der Waals surface area (Å²) in [6.07, 6.45) is 3.48. The Morgan fingerprint density at radius 2 is 0.812 bits per heavy atom. The number of nitrogens with zero attached hydrogens (tertiary/aromatic N) is 7. The SMILES string of the molecule is c1ccc(-c2ccc3c4nccnc4c4ccc(N5c6ccc(-n7c8ccccc8c8ccccc87)cc6Oc6cc(-n7c8ccccc8c8ccccc87)ccc65)nc4c3n2)cc1. The number of fused-ring (bicyclic) bond motifs is 14. The largest absolute Gasteiger partial charge is 0.453 e. The molecule has 5 aromatic heterocycles. The minimum Gasteiger partial charge on any atom is -0.453 e. The van der Waals surface area contributed by atoms with Gasteiger partial charge in [-0.25, -0.2) is 9.97 Å². The van der Waals surface area contributed by atoms with E-state index >= 15 is 0 Å². The van der Waals surface area contributed by atoms with E-state index in [4.69, 9.17) is 24.7 Å². The maximum Gasteiger partial charge on any atom is 0.153 e. The predicted molar refractivity (Wildman–Crippen MR) is 259 cm³/mol. The summed E-state index contributed by atoms with van der Waals surface area (Å²) >= 11 is 0. The molecule has 0 N–H and O–H groups in total. The molecular formula is C56H33N7O. The summed E-state index contributed by atoms with van der Waals surface area (Å²) in [7, 11) is 0. The highest BCUT2D eigenvalue weighted by Crippen LogP contribution is 2.52. The number of benzene rings is 8. The maximum absolute atomic E-state index is 7.11. The van der Waals surface area contributed by atoms with Gasteiger partial charge in [0.2, 0.25) is 0 Å². The van der Waals surface area contributed by atoms with Gasteiger partial charge in [0, 0.05) is 62.4 Å². The summed E-state index contributed by atoms with van der Waals surface area (Å²) in [5, 5.41) is 6.59. The predicted octanol–water partition coefficient (Wildman–Crippen LogP) is 14.2. The molecule has 0 spiro atoms. The summed E-state index contributed by atoms with van der Waals surface area (Å²) in [5.41, 5.74) is 13.2. The van der Waals surface area contributed by atoms with Crippen molar-refractivity contribution >= 4 is 93.6 Å². The highest BCUT2D eigenvalue weighted by Gasteiger charge is 2.29. The van der Waals surface area contributed by atoms with Crippen LogP contribution in [0.5, 0.6) is 11.5 Å². The molecule has 0 aliphatic carbocycles. The first-order valence-corrected chi connectivity index (χ1v) is 21.4. The molecule has 8 nitrogen and oxygen atoms in total. The lowest BCUT2D eigenvalue weighted by atomic mass is 10.0. The number of aromatic nitrogens is 6. The lowest BCUT2D eigenvalue weighted by Crippen LogP contribution is -2.17. The van der Waals surface area contributed by atoms with Crippen molar-refractivity contribution in [3.05, 3.63) is 200 Å². The Hall–Kier alpha value is -8.88. The Bertz CT molecular complexity index is 3810. The molecule has 0 radical (unpaired) electrons. The number of pyridine rings is 2. The number of hydrogen-bond acceptors (Lipinski definition) is 6. The van der Waals surface area contributed by atoms with Crippen molar-refractivity contribution < 1.29 is 4.74 Å². The zero-order valence-electron chi connectivity index (χ0n) is 34.1. The summed E-state index contributed by atoms with van der Waals surface area (Å²) in [4.78, 5) is 22.7. The second-order valence-corrected chi connectivity index (χ2v) is 16.3. The molecule has 0 unspecified atom stereocenters. The Balaban J connectivity index is 1.02. The van der Waals surface area contributed by atoms with Crippen LogP contribution < -0.4 is 9.64 Å². The van der Waals surface area contributed by atoms with Crippen molar-refractivity contribution in [1.29, 1.82) is 0 Å². The molecular weight excluding hydrogens is 787 g/mol. The van der Waals surface area contributed by atoms with Gasteiger partial charge in [-0.1, -0.05) is 103 Å². The molecule has 0 bridgehead atoms. The Morgan fingerprint density at radius 1 is 0.359 bits per heavy atom. The molecule has 1 aliphatic rings. The van der Waals surface area contributed by atoms with Crippen LogP contribution in [-0.4, -0.2) is 29.1 Å². The van der Waals surface area contributed by atoms with Gasteiger partial charge in [-0.05, 0) is 72.8 Å². The van der Waals surface area contributed by atoms with E-state index in [-0.39, 0.29) is 0 Å². The maximum atomic E-state index is 7.11. The first-order valence-electron chi connectivity index (χ1n) is 21.4. The van der Waals surface area contributed by atoms with Crippen molar-refractivity contribution in [2.24, 2.45) is 0 Å². The third kappa shape index (κ3) is 4.99. The van der Waals surface area contributed by atoms with Crippen LogP contribution in [0.15, 0.2) is 200 Å². The number of para-hydroxylation sites is 4. The minimum atomic E-state index is 0.715. The van der Waals surface area contributed by atoms with Crippen LogP contribution in [0.25, 0.3) is 99.1 Å². The van der Waals surface area contributed by atoms with Crippen molar-refractivity contribution in [2.45, 2.75) is 0 Å². The van der Waals surface area contributed by atoms with E-state index in [1.165, 1.54) is 21.5 Å². The van der Waals surface area contributed by atoms with Gasteiger partial charge >= 0.3 is 0 Å². The lowest BCUT2D eigenvalue weighted by molar-refractivity contribution is 0.476. The van der Waals surface area contributed by atoms with Crippen LogP contribution >= 0.6 is 0 Å². The number of anilines is 3. The van der Waals surface area contributed by atoms with Crippen molar-refractivity contribution in [1.82, 2.24) is 29.1 Å². The molecule has 14 rings (SSSR count). The van der Waals surface area contributed by atoms with E-state index in [9.17, 15) is 0 Å². The summed E-state index contributed by atoms with van der Waals surface area (Å²) in [5.74, 6) is 2.16. The molecule has 0 fully saturated rings. The topological polar surface area (TPSA) is 73.9 Å². The third-order valence-corrected chi connectivity index (χ3v) is 12.8. The molecule has 6 heterocycles. The Labute approximate surface area is 365 Å². The number of rotatable bonds is 4. The van der Waals surface area contributed by atoms with Gasteiger partial charge in [0.25, 0.3) is 0 Å². The van der Waals surface area contributed by atoms with Gasteiger partial charge in [0.1, 0.15) is 11.3 Å². The van der Waals surface area contributed by atoms with E-state index in [0.717, 1.165) is 94.7 Å². The van der Waals surface area contributed by atoms with Gasteiger partial charge in [0.05, 0.1) is 67.1 Å². The first kappa shape index (κ1) is 34.8. The molecule has 1 aliphatic heterocycles. The number of hydrogen-bond donors (Lipinski definition) is 0. The minimum absolute atomic E-state index is 0.715. The molecule has 13 aromatic rings. The normalized spacial score (nSPS) is 12.5. The van der Waals surface area contributed by atoms with Crippen LogP contribution in [0, 0.1) is 0 Å². The van der Waals surface area contributed by atoms with Gasteiger partial charge < -0.3 is 13.9 Å². The second kappa shape index (κ2) is 13.3. The van der Waals surface area contributed by atoms with Gasteiger partial charge in [0.15, 0.2) is 11.5 Å². The fourth-order valence-corrected chi connectivity index (χ4v) is 9.99. The molecule has 298 valence electrons. The fourth-order valence-electron chi connectivity index (χ4n) is 9.99. The van der Waals surface area contributed by atoms with Crippen LogP contribution in [0.1, 0.15) is 0 Å². The summed E-state index contributed by atoms with van der Waals surface area (Å²) < 4.78 is 11.8. The molecule has 8 aromatic carbocycles. The zero-order valence-corrected chi connectivity index (χ0v) is 34.1. The average Bonchev–Trinajstić information content (AvgIpc) is 3.88. The standard InChI is InChI=1S/C56H33N7O/c1-2-12-34(13-3-1)43-26-24-41-53-54(58-31-30-57-53)42-25-29-52(60-56(42)55(41)59-43)63-48-27-22-35(61-44-18-8-4-14-37(44)38-15-5-9-19-45(38)61)32-50(48)64-51-33-36(23-28-49(51)63)62-46-20-10-6-16-39(46)40-17-7-11-21-47(40)62/h1-33H. The highest BCUT2D eigenvalue weighted by atomic mass is 16.5. The summed E-state index contributed by atoms with van der Waals surface area (Å²) in [6.45, 7) is 0. The fraction of sp³-hybridized carbons (Fsp3) is 0. The number of ether oxygens (including phenoxy) is 1. The van der Waals surface area contributed by atoms with E-state index in [0.29, 0.717) is 11.5 Å². The summed E-state index contributed by atoms with van der Waals surface area (Å²) in [6, 6.07) is 65.9. The molecule has 8 heteroatoms. The second-order valence-electron chi connectivity index (χ2n) is 16.3. The molecule has 64 heavy (non-hydrogen) atoms. The van der Waals surface area contributed by atoms with Crippen LogP contribution in [0.2, 0.25) is 0 Å². The van der Waals surface area contributed by atoms with Crippen molar-refractivity contribution in [3.63, 3.8) is 0 Å². The quantitative estimate of drug-likeness (QED) is 0.165.